The average molecular weight is 430 g/mol. The lowest BCUT2D eigenvalue weighted by molar-refractivity contribution is 0.262. The van der Waals surface area contributed by atoms with Crippen molar-refractivity contribution in [3.63, 3.8) is 0 Å². The molecule has 6 nitrogen and oxygen atoms in total. The fraction of sp³-hybridized carbons (Fsp3) is 0.292. The highest BCUT2D eigenvalue weighted by atomic mass is 32.1. The number of carbonyl (C=O) groups excluding carboxylic acids is 1. The second-order valence-corrected chi connectivity index (χ2v) is 9.79. The highest BCUT2D eigenvalue weighted by molar-refractivity contribution is 7.18. The van der Waals surface area contributed by atoms with Crippen LogP contribution in [0.4, 0.5) is 22.0 Å². The Hall–Kier alpha value is -3.19. The Labute approximate surface area is 184 Å². The van der Waals surface area contributed by atoms with E-state index >= 15 is 0 Å². The summed E-state index contributed by atoms with van der Waals surface area (Å²) < 4.78 is 1.06. The quantitative estimate of drug-likeness (QED) is 0.433. The molecular formula is C24H23N5OS. The molecule has 156 valence electrons. The van der Waals surface area contributed by atoms with Crippen molar-refractivity contribution in [3.05, 3.63) is 53.5 Å². The van der Waals surface area contributed by atoms with Crippen LogP contribution in [0.5, 0.6) is 0 Å². The van der Waals surface area contributed by atoms with Gasteiger partial charge in [-0.05, 0) is 80.6 Å². The SMILES string of the molecule is Cc1nc2ccc(NC(=O)Nc3ccc4nc(N5C[C@H]6CC[C@H]5C6)ccc4c3)cc2s1. The third-order valence-electron chi connectivity index (χ3n) is 6.39. The van der Waals surface area contributed by atoms with E-state index in [2.05, 4.69) is 32.7 Å². The van der Waals surface area contributed by atoms with E-state index in [0.717, 1.165) is 55.8 Å². The van der Waals surface area contributed by atoms with E-state index in [1.165, 1.54) is 19.3 Å². The number of piperidine rings is 1. The Morgan fingerprint density at radius 2 is 1.81 bits per heavy atom. The van der Waals surface area contributed by atoms with Crippen molar-refractivity contribution in [3.8, 4) is 0 Å². The molecule has 2 aliphatic rings. The Morgan fingerprint density at radius 1 is 1.00 bits per heavy atom. The van der Waals surface area contributed by atoms with Crippen LogP contribution in [0.15, 0.2) is 48.5 Å². The molecule has 0 unspecified atom stereocenters. The number of carbonyl (C=O) groups is 1. The Kier molecular flexibility index (Phi) is 4.31. The van der Waals surface area contributed by atoms with Crippen molar-refractivity contribution < 1.29 is 4.79 Å². The van der Waals surface area contributed by atoms with Crippen LogP contribution in [0.1, 0.15) is 24.3 Å². The number of benzene rings is 2. The number of amides is 2. The topological polar surface area (TPSA) is 70.1 Å². The minimum absolute atomic E-state index is 0.266. The number of hydrogen-bond donors (Lipinski definition) is 2. The van der Waals surface area contributed by atoms with Crippen LogP contribution in [-0.4, -0.2) is 28.6 Å². The number of urea groups is 1. The van der Waals surface area contributed by atoms with E-state index in [9.17, 15) is 4.79 Å². The first-order valence-electron chi connectivity index (χ1n) is 10.7. The molecule has 0 spiro atoms. The van der Waals surface area contributed by atoms with Gasteiger partial charge in [-0.25, -0.2) is 14.8 Å². The lowest BCUT2D eigenvalue weighted by Crippen LogP contribution is -2.32. The second kappa shape index (κ2) is 7.20. The van der Waals surface area contributed by atoms with Gasteiger partial charge in [0.1, 0.15) is 5.82 Å². The minimum Gasteiger partial charge on any atom is -0.353 e. The summed E-state index contributed by atoms with van der Waals surface area (Å²) in [4.78, 5) is 24.3. The number of thiazole rings is 1. The molecule has 1 saturated heterocycles. The number of rotatable bonds is 3. The summed E-state index contributed by atoms with van der Waals surface area (Å²) in [6.45, 7) is 3.12. The molecule has 2 aromatic heterocycles. The molecule has 6 rings (SSSR count). The molecule has 0 radical (unpaired) electrons. The molecule has 4 aromatic rings. The highest BCUT2D eigenvalue weighted by Crippen LogP contribution is 2.39. The zero-order chi connectivity index (χ0) is 20.9. The van der Waals surface area contributed by atoms with Crippen LogP contribution in [0.3, 0.4) is 0 Å². The van der Waals surface area contributed by atoms with Gasteiger partial charge in [-0.1, -0.05) is 0 Å². The number of fused-ring (bicyclic) bond motifs is 4. The monoisotopic (exact) mass is 429 g/mol. The van der Waals surface area contributed by atoms with E-state index in [1.807, 2.05) is 43.3 Å². The van der Waals surface area contributed by atoms with Crippen LogP contribution in [0, 0.1) is 12.8 Å². The van der Waals surface area contributed by atoms with Gasteiger partial charge in [0.15, 0.2) is 0 Å². The Balaban J connectivity index is 1.17. The minimum atomic E-state index is -0.266. The highest BCUT2D eigenvalue weighted by Gasteiger charge is 2.38. The molecular weight excluding hydrogens is 406 g/mol. The van der Waals surface area contributed by atoms with Crippen molar-refractivity contribution in [1.82, 2.24) is 9.97 Å². The number of anilines is 3. The number of nitrogens with zero attached hydrogens (tertiary/aromatic N) is 3. The van der Waals surface area contributed by atoms with Gasteiger partial charge in [-0.2, -0.15) is 0 Å². The maximum atomic E-state index is 12.5. The summed E-state index contributed by atoms with van der Waals surface area (Å²) >= 11 is 1.62. The van der Waals surface area contributed by atoms with Crippen molar-refractivity contribution in [2.24, 2.45) is 5.92 Å². The molecule has 2 amide bonds. The normalized spacial score (nSPS) is 20.0. The summed E-state index contributed by atoms with van der Waals surface area (Å²) in [7, 11) is 0. The first kappa shape index (κ1) is 18.6. The maximum Gasteiger partial charge on any atom is 0.323 e. The van der Waals surface area contributed by atoms with Crippen LogP contribution >= 0.6 is 11.3 Å². The number of aromatic nitrogens is 2. The molecule has 7 heteroatoms. The summed E-state index contributed by atoms with van der Waals surface area (Å²) in [6, 6.07) is 16.2. The lowest BCUT2D eigenvalue weighted by Gasteiger charge is -2.28. The molecule has 1 saturated carbocycles. The predicted molar refractivity (Wildman–Crippen MR) is 127 cm³/mol. The molecule has 31 heavy (non-hydrogen) atoms. The zero-order valence-corrected chi connectivity index (χ0v) is 18.1. The van der Waals surface area contributed by atoms with Gasteiger partial charge in [0.25, 0.3) is 0 Å². The summed E-state index contributed by atoms with van der Waals surface area (Å²) in [5.74, 6) is 1.92. The largest absolute Gasteiger partial charge is 0.353 e. The second-order valence-electron chi connectivity index (χ2n) is 8.56. The zero-order valence-electron chi connectivity index (χ0n) is 17.3. The van der Waals surface area contributed by atoms with E-state index in [1.54, 1.807) is 11.3 Å². The molecule has 2 atom stereocenters. The number of pyridine rings is 1. The Bertz CT molecular complexity index is 1320. The van der Waals surface area contributed by atoms with Crippen LogP contribution < -0.4 is 15.5 Å². The van der Waals surface area contributed by atoms with Gasteiger partial charge in [0.05, 0.1) is 20.7 Å². The van der Waals surface area contributed by atoms with Gasteiger partial charge in [-0.3, -0.25) is 0 Å². The number of nitrogens with one attached hydrogen (secondary N) is 2. The third-order valence-corrected chi connectivity index (χ3v) is 7.32. The Morgan fingerprint density at radius 3 is 2.58 bits per heavy atom. The molecule has 2 bridgehead atoms. The van der Waals surface area contributed by atoms with Gasteiger partial charge in [-0.15, -0.1) is 11.3 Å². The predicted octanol–water partition coefficient (Wildman–Crippen LogP) is 5.79. The lowest BCUT2D eigenvalue weighted by atomic mass is 10.1. The first-order chi connectivity index (χ1) is 15.1. The fourth-order valence-electron chi connectivity index (χ4n) is 4.97. The average Bonchev–Trinajstić information content (AvgIpc) is 3.48. The fourth-order valence-corrected chi connectivity index (χ4v) is 5.84. The third kappa shape index (κ3) is 3.49. The van der Waals surface area contributed by atoms with Crippen LogP contribution in [0.25, 0.3) is 21.1 Å². The first-order valence-corrected chi connectivity index (χ1v) is 11.5. The standard InChI is InChI=1S/C24H23N5OS/c1-14-25-21-8-5-18(12-22(21)31-14)27-24(30)26-17-4-7-20-16(11-17)3-9-23(28-20)29-13-15-2-6-19(29)10-15/h3-5,7-9,11-12,15,19H,2,6,10,13H2,1H3,(H2,26,27,30)/t15-,19-/m0/s1. The van der Waals surface area contributed by atoms with Crippen molar-refractivity contribution in [2.75, 3.05) is 22.1 Å². The van der Waals surface area contributed by atoms with Gasteiger partial charge in [0.2, 0.25) is 0 Å². The van der Waals surface area contributed by atoms with E-state index in [-0.39, 0.29) is 6.03 Å². The molecule has 1 aliphatic heterocycles. The van der Waals surface area contributed by atoms with E-state index in [0.29, 0.717) is 6.04 Å². The molecule has 2 N–H and O–H groups in total. The van der Waals surface area contributed by atoms with Gasteiger partial charge >= 0.3 is 6.03 Å². The molecule has 1 aliphatic carbocycles. The van der Waals surface area contributed by atoms with Crippen LogP contribution in [0.2, 0.25) is 0 Å². The van der Waals surface area contributed by atoms with Crippen molar-refractivity contribution in [2.45, 2.75) is 32.2 Å². The summed E-state index contributed by atoms with van der Waals surface area (Å²) in [5, 5.41) is 7.87. The van der Waals surface area contributed by atoms with E-state index < -0.39 is 0 Å². The molecule has 2 fully saturated rings. The van der Waals surface area contributed by atoms with Gasteiger partial charge < -0.3 is 15.5 Å². The summed E-state index contributed by atoms with van der Waals surface area (Å²) in [6.07, 6.45) is 3.97. The summed E-state index contributed by atoms with van der Waals surface area (Å²) in [5.41, 5.74) is 3.41. The molecule has 3 heterocycles. The van der Waals surface area contributed by atoms with E-state index in [4.69, 9.17) is 4.98 Å². The van der Waals surface area contributed by atoms with Crippen LogP contribution in [-0.2, 0) is 0 Å². The van der Waals surface area contributed by atoms with Gasteiger partial charge in [0, 0.05) is 29.3 Å². The number of hydrogen-bond acceptors (Lipinski definition) is 5. The van der Waals surface area contributed by atoms with Crippen molar-refractivity contribution >= 4 is 55.7 Å². The molecule has 2 aromatic carbocycles. The number of aryl methyl sites for hydroxylation is 1. The smallest absolute Gasteiger partial charge is 0.323 e. The van der Waals surface area contributed by atoms with Crippen molar-refractivity contribution in [1.29, 1.82) is 0 Å². The maximum absolute atomic E-state index is 12.5.